The van der Waals surface area contributed by atoms with Crippen LogP contribution in [0.15, 0.2) is 36.4 Å². The maximum Gasteiger partial charge on any atom is 0.151 e. The summed E-state index contributed by atoms with van der Waals surface area (Å²) in [5, 5.41) is 19.3. The Balaban J connectivity index is 2.36. The molecule has 0 fully saturated rings. The Morgan fingerprint density at radius 3 is 2.38 bits per heavy atom. The molecule has 0 bridgehead atoms. The van der Waals surface area contributed by atoms with Gasteiger partial charge < -0.3 is 14.8 Å². The number of imidazole rings is 1. The largest absolute Gasteiger partial charge is 0.508 e. The highest BCUT2D eigenvalue weighted by atomic mass is 19.1. The van der Waals surface area contributed by atoms with Gasteiger partial charge in [-0.15, -0.1) is 0 Å². The number of para-hydroxylation sites is 1. The Kier molecular flexibility index (Phi) is 3.05. The summed E-state index contributed by atoms with van der Waals surface area (Å²) < 4.78 is 15.8. The first kappa shape index (κ1) is 13.4. The van der Waals surface area contributed by atoms with E-state index in [0.717, 1.165) is 0 Å². The van der Waals surface area contributed by atoms with Crippen LogP contribution in [0.2, 0.25) is 0 Å². The fourth-order valence-electron chi connectivity index (χ4n) is 2.53. The summed E-state index contributed by atoms with van der Waals surface area (Å²) in [6.07, 6.45) is 0. The van der Waals surface area contributed by atoms with Crippen LogP contribution in [0.5, 0.6) is 11.5 Å². The molecular weight excluding hydrogens is 271 g/mol. The van der Waals surface area contributed by atoms with E-state index in [1.165, 1.54) is 24.3 Å². The van der Waals surface area contributed by atoms with Crippen LogP contribution in [-0.2, 0) is 0 Å². The number of phenols is 2. The number of hydrogen-bond acceptors (Lipinski definition) is 3. The van der Waals surface area contributed by atoms with Crippen molar-refractivity contribution in [2.45, 2.75) is 19.9 Å². The minimum atomic E-state index is -0.391. The Morgan fingerprint density at radius 2 is 1.76 bits per heavy atom. The number of aromatic nitrogens is 2. The van der Waals surface area contributed by atoms with Gasteiger partial charge in [-0.25, -0.2) is 9.37 Å². The van der Waals surface area contributed by atoms with Crippen LogP contribution in [0.1, 0.15) is 19.9 Å². The van der Waals surface area contributed by atoms with Crippen molar-refractivity contribution >= 4 is 11.0 Å². The van der Waals surface area contributed by atoms with E-state index < -0.39 is 5.82 Å². The maximum absolute atomic E-state index is 13.9. The first-order chi connectivity index (χ1) is 9.97. The molecular formula is C16H15FN2O2. The highest BCUT2D eigenvalue weighted by molar-refractivity contribution is 5.81. The molecule has 0 saturated heterocycles. The number of benzene rings is 2. The van der Waals surface area contributed by atoms with Crippen LogP contribution in [0.4, 0.5) is 4.39 Å². The molecule has 0 amide bonds. The Bertz CT molecular complexity index is 804. The van der Waals surface area contributed by atoms with Gasteiger partial charge in [0, 0.05) is 17.7 Å². The van der Waals surface area contributed by atoms with Crippen LogP contribution in [0, 0.1) is 5.82 Å². The zero-order chi connectivity index (χ0) is 15.1. The summed E-state index contributed by atoms with van der Waals surface area (Å²) in [6.45, 7) is 3.94. The standard InChI is InChI=1S/C16H15FN2O2/c1-9(2)19-14-5-3-4-13(17)15(14)18-16(19)10-6-11(20)8-12(21)7-10/h3-9,20-21H,1-2H3. The molecule has 3 rings (SSSR count). The minimum Gasteiger partial charge on any atom is -0.508 e. The second kappa shape index (κ2) is 4.77. The Hall–Kier alpha value is -2.56. The molecule has 1 aromatic heterocycles. The molecule has 2 aromatic carbocycles. The normalized spacial score (nSPS) is 11.4. The van der Waals surface area contributed by atoms with Crippen molar-refractivity contribution in [3.05, 3.63) is 42.2 Å². The third-order valence-corrected chi connectivity index (χ3v) is 3.35. The highest BCUT2D eigenvalue weighted by Crippen LogP contribution is 2.33. The van der Waals surface area contributed by atoms with Crippen molar-refractivity contribution in [2.24, 2.45) is 0 Å². The smallest absolute Gasteiger partial charge is 0.151 e. The van der Waals surface area contributed by atoms with Crippen molar-refractivity contribution in [1.29, 1.82) is 0 Å². The first-order valence-corrected chi connectivity index (χ1v) is 6.67. The lowest BCUT2D eigenvalue weighted by Crippen LogP contribution is -2.03. The van der Waals surface area contributed by atoms with E-state index in [2.05, 4.69) is 4.98 Å². The molecule has 5 heteroatoms. The molecule has 21 heavy (non-hydrogen) atoms. The van der Waals surface area contributed by atoms with Gasteiger partial charge >= 0.3 is 0 Å². The quantitative estimate of drug-likeness (QED) is 0.752. The van der Waals surface area contributed by atoms with Gasteiger partial charge in [-0.05, 0) is 38.1 Å². The summed E-state index contributed by atoms with van der Waals surface area (Å²) in [7, 11) is 0. The molecule has 0 atom stereocenters. The topological polar surface area (TPSA) is 58.3 Å². The van der Waals surface area contributed by atoms with Crippen LogP contribution in [-0.4, -0.2) is 19.8 Å². The summed E-state index contributed by atoms with van der Waals surface area (Å²) in [4.78, 5) is 4.35. The zero-order valence-electron chi connectivity index (χ0n) is 11.7. The van der Waals surface area contributed by atoms with E-state index in [1.807, 2.05) is 18.4 Å². The van der Waals surface area contributed by atoms with Crippen LogP contribution in [0.3, 0.4) is 0 Å². The molecule has 0 unspecified atom stereocenters. The second-order valence-corrected chi connectivity index (χ2v) is 5.24. The monoisotopic (exact) mass is 286 g/mol. The van der Waals surface area contributed by atoms with Crippen LogP contribution < -0.4 is 0 Å². The van der Waals surface area contributed by atoms with E-state index >= 15 is 0 Å². The average molecular weight is 286 g/mol. The molecule has 0 aliphatic carbocycles. The number of rotatable bonds is 2. The van der Waals surface area contributed by atoms with Gasteiger partial charge in [-0.2, -0.15) is 0 Å². The lowest BCUT2D eigenvalue weighted by molar-refractivity contribution is 0.451. The third-order valence-electron chi connectivity index (χ3n) is 3.35. The first-order valence-electron chi connectivity index (χ1n) is 6.67. The van der Waals surface area contributed by atoms with Crippen molar-refractivity contribution in [1.82, 2.24) is 9.55 Å². The molecule has 108 valence electrons. The van der Waals surface area contributed by atoms with E-state index in [9.17, 15) is 14.6 Å². The lowest BCUT2D eigenvalue weighted by Gasteiger charge is -2.13. The fraction of sp³-hybridized carbons (Fsp3) is 0.188. The molecule has 1 heterocycles. The summed E-state index contributed by atoms with van der Waals surface area (Å²) >= 11 is 0. The summed E-state index contributed by atoms with van der Waals surface area (Å²) in [5.74, 6) is -0.00510. The van der Waals surface area contributed by atoms with E-state index in [-0.39, 0.29) is 23.1 Å². The highest BCUT2D eigenvalue weighted by Gasteiger charge is 2.18. The molecule has 4 nitrogen and oxygen atoms in total. The zero-order valence-corrected chi connectivity index (χ0v) is 11.7. The van der Waals surface area contributed by atoms with E-state index in [1.54, 1.807) is 12.1 Å². The van der Waals surface area contributed by atoms with Gasteiger partial charge in [0.05, 0.1) is 5.52 Å². The average Bonchev–Trinajstić information content (AvgIpc) is 2.78. The van der Waals surface area contributed by atoms with Gasteiger partial charge in [0.1, 0.15) is 22.8 Å². The van der Waals surface area contributed by atoms with Gasteiger partial charge in [0.25, 0.3) is 0 Å². The Labute approximate surface area is 121 Å². The number of phenolic OH excluding ortho intramolecular Hbond substituents is 2. The second-order valence-electron chi connectivity index (χ2n) is 5.24. The predicted molar refractivity (Wildman–Crippen MR) is 78.8 cm³/mol. The molecule has 2 N–H and O–H groups in total. The van der Waals surface area contributed by atoms with E-state index in [4.69, 9.17) is 0 Å². The van der Waals surface area contributed by atoms with Crippen molar-refractivity contribution < 1.29 is 14.6 Å². The number of halogens is 1. The molecule has 0 spiro atoms. The van der Waals surface area contributed by atoms with Crippen molar-refractivity contribution in [3.8, 4) is 22.9 Å². The molecule has 0 saturated carbocycles. The maximum atomic E-state index is 13.9. The number of hydrogen-bond donors (Lipinski definition) is 2. The molecule has 0 aliphatic heterocycles. The van der Waals surface area contributed by atoms with Gasteiger partial charge in [-0.3, -0.25) is 0 Å². The SMILES string of the molecule is CC(C)n1c(-c2cc(O)cc(O)c2)nc2c(F)cccc21. The fourth-order valence-corrected chi connectivity index (χ4v) is 2.53. The van der Waals surface area contributed by atoms with Gasteiger partial charge in [-0.1, -0.05) is 6.07 Å². The predicted octanol–water partition coefficient (Wildman–Crippen LogP) is 3.83. The number of aromatic hydroxyl groups is 2. The Morgan fingerprint density at radius 1 is 1.10 bits per heavy atom. The molecule has 0 aliphatic rings. The summed E-state index contributed by atoms with van der Waals surface area (Å²) in [5.41, 5.74) is 1.50. The van der Waals surface area contributed by atoms with Crippen LogP contribution in [0.25, 0.3) is 22.4 Å². The molecule has 0 radical (unpaired) electrons. The summed E-state index contributed by atoms with van der Waals surface area (Å²) in [6, 6.07) is 9.10. The molecule has 3 aromatic rings. The van der Waals surface area contributed by atoms with E-state index in [0.29, 0.717) is 16.9 Å². The third kappa shape index (κ3) is 2.20. The van der Waals surface area contributed by atoms with Crippen molar-refractivity contribution in [3.63, 3.8) is 0 Å². The number of nitrogens with zero attached hydrogens (tertiary/aromatic N) is 2. The van der Waals surface area contributed by atoms with Crippen LogP contribution >= 0.6 is 0 Å². The van der Waals surface area contributed by atoms with Gasteiger partial charge in [0.15, 0.2) is 5.82 Å². The number of fused-ring (bicyclic) bond motifs is 1. The minimum absolute atomic E-state index is 0.0521. The van der Waals surface area contributed by atoms with Gasteiger partial charge in [0.2, 0.25) is 0 Å². The lowest BCUT2D eigenvalue weighted by atomic mass is 10.2. The van der Waals surface area contributed by atoms with Crippen molar-refractivity contribution in [2.75, 3.05) is 0 Å².